The van der Waals surface area contributed by atoms with Gasteiger partial charge in [-0.3, -0.25) is 5.32 Å². The summed E-state index contributed by atoms with van der Waals surface area (Å²) in [7, 11) is -3.04. The zero-order valence-electron chi connectivity index (χ0n) is 19.4. The van der Waals surface area contributed by atoms with Crippen LogP contribution in [0.1, 0.15) is 26.3 Å². The van der Waals surface area contributed by atoms with E-state index in [0.29, 0.717) is 27.7 Å². The van der Waals surface area contributed by atoms with E-state index < -0.39 is 22.6 Å². The molecule has 0 saturated carbocycles. The molecule has 4 rings (SSSR count). The molecule has 1 amide bonds. The topological polar surface area (TPSA) is 102 Å². The second-order valence-corrected chi connectivity index (χ2v) is 10.5. The smallest absolute Gasteiger partial charge is 0.412 e. The first-order valence-electron chi connectivity index (χ1n) is 10.8. The summed E-state index contributed by atoms with van der Waals surface area (Å²) < 4.78 is 36.8. The van der Waals surface area contributed by atoms with Gasteiger partial charge in [-0.1, -0.05) is 42.1 Å². The summed E-state index contributed by atoms with van der Waals surface area (Å²) >= 11 is 1.38. The van der Waals surface area contributed by atoms with E-state index in [0.717, 1.165) is 15.3 Å². The van der Waals surface area contributed by atoms with E-state index in [9.17, 15) is 13.2 Å². The van der Waals surface area contributed by atoms with Crippen LogP contribution in [0.4, 0.5) is 22.1 Å². The van der Waals surface area contributed by atoms with E-state index in [1.54, 1.807) is 57.3 Å². The van der Waals surface area contributed by atoms with Crippen LogP contribution in [0, 0.1) is 0 Å². The lowest BCUT2D eigenvalue weighted by Crippen LogP contribution is -2.27. The predicted octanol–water partition coefficient (Wildman–Crippen LogP) is 6.13. The van der Waals surface area contributed by atoms with E-state index in [1.807, 2.05) is 36.4 Å². The monoisotopic (exact) mass is 511 g/mol. The highest BCUT2D eigenvalue weighted by Crippen LogP contribution is 2.37. The lowest BCUT2D eigenvalue weighted by Gasteiger charge is -2.19. The predicted molar refractivity (Wildman–Crippen MR) is 139 cm³/mol. The van der Waals surface area contributed by atoms with E-state index in [-0.39, 0.29) is 5.88 Å². The minimum atomic E-state index is -3.04. The fourth-order valence-electron chi connectivity index (χ4n) is 3.33. The van der Waals surface area contributed by atoms with Crippen molar-refractivity contribution in [1.29, 1.82) is 0 Å². The Labute approximate surface area is 209 Å². The van der Waals surface area contributed by atoms with E-state index in [1.165, 1.54) is 11.8 Å². The summed E-state index contributed by atoms with van der Waals surface area (Å²) in [5, 5.41) is 4.06. The number of nitrogens with one attached hydrogen (secondary N) is 1. The maximum atomic E-state index is 12.3. The van der Waals surface area contributed by atoms with Crippen LogP contribution in [0.15, 0.2) is 82.4 Å². The van der Waals surface area contributed by atoms with Gasteiger partial charge in [-0.15, -0.1) is 0 Å². The van der Waals surface area contributed by atoms with Crippen molar-refractivity contribution in [2.24, 2.45) is 0 Å². The molecule has 0 unspecified atom stereocenters. The second-order valence-electron chi connectivity index (χ2n) is 8.62. The summed E-state index contributed by atoms with van der Waals surface area (Å²) in [5.74, 6) is 0.693. The Morgan fingerprint density at radius 3 is 2.63 bits per heavy atom. The number of furan rings is 1. The Morgan fingerprint density at radius 1 is 1.09 bits per heavy atom. The van der Waals surface area contributed by atoms with Crippen molar-refractivity contribution in [3.05, 3.63) is 78.5 Å². The maximum Gasteiger partial charge on any atom is 0.412 e. The van der Waals surface area contributed by atoms with Gasteiger partial charge in [0.2, 0.25) is 16.8 Å². The molecule has 0 atom stereocenters. The van der Waals surface area contributed by atoms with Crippen molar-refractivity contribution in [3.63, 3.8) is 0 Å². The Morgan fingerprint density at radius 2 is 1.89 bits per heavy atom. The van der Waals surface area contributed by atoms with Gasteiger partial charge < -0.3 is 9.15 Å². The van der Waals surface area contributed by atoms with Gasteiger partial charge in [0.05, 0.1) is 5.69 Å². The van der Waals surface area contributed by atoms with E-state index in [4.69, 9.17) is 9.15 Å². The van der Waals surface area contributed by atoms with Crippen molar-refractivity contribution in [3.8, 4) is 0 Å². The number of rotatable bonds is 7. The van der Waals surface area contributed by atoms with Crippen molar-refractivity contribution in [2.45, 2.75) is 37.2 Å². The highest BCUT2D eigenvalue weighted by atomic mass is 32.2. The summed E-state index contributed by atoms with van der Waals surface area (Å²) in [6.07, 6.45) is 1.08. The average molecular weight is 512 g/mol. The molecule has 35 heavy (non-hydrogen) atoms. The SMILES string of the molecule is CC(C)(C)OC(=O)Nc1cccc(CSc2ncccc2N(c2cc3ccccc3o2)[SH](=O)=O)c1. The number of amides is 1. The molecule has 182 valence electrons. The highest BCUT2D eigenvalue weighted by Gasteiger charge is 2.21. The summed E-state index contributed by atoms with van der Waals surface area (Å²) in [6, 6.07) is 19.7. The van der Waals surface area contributed by atoms with Gasteiger partial charge in [0.1, 0.15) is 16.2 Å². The third-order valence-corrected chi connectivity index (χ3v) is 6.52. The minimum absolute atomic E-state index is 0.195. The lowest BCUT2D eigenvalue weighted by atomic mass is 10.2. The van der Waals surface area contributed by atoms with Gasteiger partial charge in [0.25, 0.3) is 0 Å². The molecule has 0 saturated heterocycles. The highest BCUT2D eigenvalue weighted by molar-refractivity contribution is 7.98. The number of pyridine rings is 1. The molecule has 2 aromatic heterocycles. The molecule has 1 N–H and O–H groups in total. The molecular formula is C25H25N3O5S2. The number of thiol groups is 1. The Kier molecular flexibility index (Phi) is 7.32. The first-order valence-corrected chi connectivity index (χ1v) is 12.9. The normalized spacial score (nSPS) is 11.5. The number of carbonyl (C=O) groups is 1. The van der Waals surface area contributed by atoms with Crippen molar-refractivity contribution in [2.75, 3.05) is 9.62 Å². The molecule has 0 aliphatic rings. The second kappa shape index (κ2) is 10.4. The third kappa shape index (κ3) is 6.34. The lowest BCUT2D eigenvalue weighted by molar-refractivity contribution is 0.0636. The minimum Gasteiger partial charge on any atom is -0.444 e. The Hall–Kier alpha value is -3.50. The largest absolute Gasteiger partial charge is 0.444 e. The quantitative estimate of drug-likeness (QED) is 0.227. The number of hydrogen-bond acceptors (Lipinski definition) is 7. The number of carbonyl (C=O) groups excluding carboxylic acids is 1. The fraction of sp³-hybridized carbons (Fsp3) is 0.200. The number of para-hydroxylation sites is 1. The van der Waals surface area contributed by atoms with Crippen LogP contribution < -0.4 is 9.62 Å². The first-order chi connectivity index (χ1) is 16.7. The number of anilines is 3. The van der Waals surface area contributed by atoms with E-state index >= 15 is 0 Å². The number of benzene rings is 2. The molecule has 0 aliphatic carbocycles. The van der Waals surface area contributed by atoms with Crippen LogP contribution in [-0.4, -0.2) is 25.1 Å². The van der Waals surface area contributed by atoms with Gasteiger partial charge in [0, 0.05) is 29.1 Å². The van der Waals surface area contributed by atoms with Crippen molar-refractivity contribution in [1.82, 2.24) is 4.98 Å². The van der Waals surface area contributed by atoms with E-state index in [2.05, 4.69) is 10.3 Å². The zero-order valence-corrected chi connectivity index (χ0v) is 21.1. The van der Waals surface area contributed by atoms with Gasteiger partial charge in [-0.05, 0) is 56.7 Å². The molecule has 0 bridgehead atoms. The Bertz CT molecular complexity index is 1380. The van der Waals surface area contributed by atoms with Gasteiger partial charge in [-0.25, -0.2) is 22.5 Å². The maximum absolute atomic E-state index is 12.3. The van der Waals surface area contributed by atoms with Crippen molar-refractivity contribution < 1.29 is 22.4 Å². The fourth-order valence-corrected chi connectivity index (χ4v) is 4.92. The number of thioether (sulfide) groups is 1. The molecule has 0 aliphatic heterocycles. The van der Waals surface area contributed by atoms with Gasteiger partial charge in [0.15, 0.2) is 0 Å². The molecule has 2 aromatic carbocycles. The summed E-state index contributed by atoms with van der Waals surface area (Å²) in [5.41, 5.74) is 1.92. The third-order valence-electron chi connectivity index (χ3n) is 4.71. The van der Waals surface area contributed by atoms with Gasteiger partial charge in [-0.2, -0.15) is 0 Å². The van der Waals surface area contributed by atoms with Crippen LogP contribution in [0.3, 0.4) is 0 Å². The molecule has 10 heteroatoms. The van der Waals surface area contributed by atoms with Gasteiger partial charge >= 0.3 is 6.09 Å². The summed E-state index contributed by atoms with van der Waals surface area (Å²) in [6.45, 7) is 5.40. The van der Waals surface area contributed by atoms with Crippen LogP contribution in [-0.2, 0) is 21.4 Å². The Balaban J connectivity index is 1.54. The molecule has 2 heterocycles. The van der Waals surface area contributed by atoms with Crippen LogP contribution >= 0.6 is 11.8 Å². The molecule has 0 fully saturated rings. The molecule has 0 spiro atoms. The zero-order chi connectivity index (χ0) is 25.0. The van der Waals surface area contributed by atoms with Crippen LogP contribution in [0.25, 0.3) is 11.0 Å². The number of ether oxygens (including phenoxy) is 1. The molecule has 4 aromatic rings. The number of nitrogens with zero attached hydrogens (tertiary/aromatic N) is 2. The molecular weight excluding hydrogens is 486 g/mol. The standard InChI is InChI=1S/C25H25N3O5S2/c1-25(2,3)33-24(29)27-19-10-6-8-17(14-19)16-34-23-20(11-7-13-26-23)28(35(30)31)22-15-18-9-4-5-12-21(18)32-22/h4-15,35H,16H2,1-3H3,(H,27,29). The average Bonchev–Trinajstić information content (AvgIpc) is 3.21. The number of fused-ring (bicyclic) bond motifs is 1. The van der Waals surface area contributed by atoms with Crippen LogP contribution in [0.5, 0.6) is 0 Å². The number of hydrogen-bond donors (Lipinski definition) is 2. The number of aromatic nitrogens is 1. The molecule has 8 nitrogen and oxygen atoms in total. The molecule has 0 radical (unpaired) electrons. The van der Waals surface area contributed by atoms with Crippen molar-refractivity contribution >= 4 is 57.0 Å². The summed E-state index contributed by atoms with van der Waals surface area (Å²) in [4.78, 5) is 16.5. The van der Waals surface area contributed by atoms with Crippen LogP contribution in [0.2, 0.25) is 0 Å². The first kappa shape index (κ1) is 24.6.